The molecule has 0 radical (unpaired) electrons. The Morgan fingerprint density at radius 1 is 1.32 bits per heavy atom. The highest BCUT2D eigenvalue weighted by Crippen LogP contribution is 2.05. The maximum Gasteiger partial charge on any atom is 0.261 e. The second-order valence-electron chi connectivity index (χ2n) is 4.06. The Balaban J connectivity index is 2.08. The average molecular weight is 272 g/mol. The minimum absolute atomic E-state index is 0.0119. The smallest absolute Gasteiger partial charge is 0.261 e. The van der Waals surface area contributed by atoms with E-state index in [9.17, 15) is 13.6 Å². The van der Waals surface area contributed by atoms with Crippen LogP contribution in [0.5, 0.6) is 0 Å². The van der Waals surface area contributed by atoms with Crippen LogP contribution < -0.4 is 11.1 Å². The number of hydrogen-bond donors (Lipinski definition) is 2. The van der Waals surface area contributed by atoms with E-state index in [4.69, 9.17) is 5.73 Å². The van der Waals surface area contributed by atoms with Gasteiger partial charge in [0.2, 0.25) is 5.91 Å². The highest BCUT2D eigenvalue weighted by atomic mass is 19.3. The molecule has 0 saturated carbocycles. The first-order valence-electron chi connectivity index (χ1n) is 6.05. The Morgan fingerprint density at radius 3 is 2.63 bits per heavy atom. The van der Waals surface area contributed by atoms with Gasteiger partial charge in [0.15, 0.2) is 0 Å². The molecule has 0 fully saturated rings. The molecule has 0 saturated heterocycles. The Bertz CT molecular complexity index is 383. The molecule has 0 heterocycles. The lowest BCUT2D eigenvalue weighted by molar-refractivity contribution is -0.122. The number of amides is 1. The Labute approximate surface area is 110 Å². The summed E-state index contributed by atoms with van der Waals surface area (Å²) in [7, 11) is 0. The van der Waals surface area contributed by atoms with Crippen molar-refractivity contribution in [3.63, 3.8) is 0 Å². The van der Waals surface area contributed by atoms with Crippen molar-refractivity contribution in [3.05, 3.63) is 29.8 Å². The first-order chi connectivity index (χ1) is 9.08. The van der Waals surface area contributed by atoms with Crippen molar-refractivity contribution in [2.45, 2.75) is 19.3 Å². The highest BCUT2D eigenvalue weighted by molar-refractivity contribution is 5.75. The number of carbonyl (C=O) groups is 1. The van der Waals surface area contributed by atoms with E-state index in [0.29, 0.717) is 18.7 Å². The number of nitrogens with two attached hydrogens (primary N) is 1. The van der Waals surface area contributed by atoms with Crippen LogP contribution in [0.2, 0.25) is 0 Å². The predicted octanol–water partition coefficient (Wildman–Crippen LogP) is 1.60. The number of rotatable bonds is 8. The summed E-state index contributed by atoms with van der Waals surface area (Å²) in [5.41, 5.74) is 7.33. The van der Waals surface area contributed by atoms with E-state index in [2.05, 4.69) is 10.1 Å². The fraction of sp³-hybridized carbons (Fsp3) is 0.462. The van der Waals surface area contributed by atoms with Gasteiger partial charge in [-0.05, 0) is 24.1 Å². The number of nitrogens with one attached hydrogen (secondary N) is 1. The van der Waals surface area contributed by atoms with Crippen molar-refractivity contribution in [3.8, 4) is 0 Å². The average Bonchev–Trinajstić information content (AvgIpc) is 2.37. The molecular formula is C13H18F2N2O2. The quantitative estimate of drug-likeness (QED) is 0.558. The molecule has 1 rings (SSSR count). The van der Waals surface area contributed by atoms with Crippen molar-refractivity contribution in [2.24, 2.45) is 0 Å². The standard InChI is InChI=1S/C13H18F2N2O2/c14-12(15)9-19-8-6-13(18)17-7-5-10-1-3-11(16)4-2-10/h1-4,12H,5-9,16H2,(H,17,18). The van der Waals surface area contributed by atoms with Gasteiger partial charge in [-0.25, -0.2) is 8.78 Å². The summed E-state index contributed by atoms with van der Waals surface area (Å²) in [5.74, 6) is -0.204. The second-order valence-corrected chi connectivity index (χ2v) is 4.06. The second kappa shape index (κ2) is 8.42. The van der Waals surface area contributed by atoms with Gasteiger partial charge in [-0.1, -0.05) is 12.1 Å². The number of benzene rings is 1. The normalized spacial score (nSPS) is 10.7. The largest absolute Gasteiger partial charge is 0.399 e. The van der Waals surface area contributed by atoms with E-state index < -0.39 is 13.0 Å². The first-order valence-corrected chi connectivity index (χ1v) is 6.05. The zero-order valence-electron chi connectivity index (χ0n) is 10.6. The van der Waals surface area contributed by atoms with E-state index in [-0.39, 0.29) is 18.9 Å². The van der Waals surface area contributed by atoms with Crippen molar-refractivity contribution in [1.82, 2.24) is 5.32 Å². The summed E-state index contributed by atoms with van der Waals surface area (Å²) in [6.07, 6.45) is -1.70. The molecular weight excluding hydrogens is 254 g/mol. The van der Waals surface area contributed by atoms with Crippen LogP contribution in [0.15, 0.2) is 24.3 Å². The van der Waals surface area contributed by atoms with Crippen LogP contribution in [0.3, 0.4) is 0 Å². The molecule has 1 aromatic carbocycles. The van der Waals surface area contributed by atoms with Crippen LogP contribution in [0.25, 0.3) is 0 Å². The minimum Gasteiger partial charge on any atom is -0.399 e. The third-order valence-electron chi connectivity index (χ3n) is 2.43. The summed E-state index contributed by atoms with van der Waals surface area (Å²) in [4.78, 5) is 11.3. The molecule has 1 aromatic rings. The summed E-state index contributed by atoms with van der Waals surface area (Å²) < 4.78 is 28.1. The van der Waals surface area contributed by atoms with E-state index in [1.807, 2.05) is 12.1 Å². The van der Waals surface area contributed by atoms with Crippen molar-refractivity contribution in [2.75, 3.05) is 25.5 Å². The fourth-order valence-electron chi connectivity index (χ4n) is 1.46. The van der Waals surface area contributed by atoms with E-state index in [1.54, 1.807) is 12.1 Å². The molecule has 6 heteroatoms. The van der Waals surface area contributed by atoms with Crippen LogP contribution >= 0.6 is 0 Å². The van der Waals surface area contributed by atoms with Gasteiger partial charge >= 0.3 is 0 Å². The lowest BCUT2D eigenvalue weighted by Crippen LogP contribution is -2.26. The molecule has 0 atom stereocenters. The number of alkyl halides is 2. The van der Waals surface area contributed by atoms with Crippen molar-refractivity contribution >= 4 is 11.6 Å². The van der Waals surface area contributed by atoms with E-state index in [1.165, 1.54) is 0 Å². The van der Waals surface area contributed by atoms with Gasteiger partial charge in [-0.2, -0.15) is 0 Å². The van der Waals surface area contributed by atoms with Crippen LogP contribution in [0, 0.1) is 0 Å². The van der Waals surface area contributed by atoms with Crippen molar-refractivity contribution in [1.29, 1.82) is 0 Å². The monoisotopic (exact) mass is 272 g/mol. The molecule has 0 unspecified atom stereocenters. The summed E-state index contributed by atoms with van der Waals surface area (Å²) in [6.45, 7) is -0.117. The number of ether oxygens (including phenoxy) is 1. The molecule has 4 nitrogen and oxygen atoms in total. The number of halogens is 2. The zero-order chi connectivity index (χ0) is 14.1. The van der Waals surface area contributed by atoms with Gasteiger partial charge in [0, 0.05) is 18.7 Å². The molecule has 0 aliphatic heterocycles. The Kier molecular flexibility index (Phi) is 6.81. The lowest BCUT2D eigenvalue weighted by Gasteiger charge is -2.06. The lowest BCUT2D eigenvalue weighted by atomic mass is 10.1. The van der Waals surface area contributed by atoms with Crippen LogP contribution in [-0.4, -0.2) is 32.1 Å². The molecule has 1 amide bonds. The topological polar surface area (TPSA) is 64.3 Å². The fourth-order valence-corrected chi connectivity index (χ4v) is 1.46. The van der Waals surface area contributed by atoms with Gasteiger partial charge in [-0.15, -0.1) is 0 Å². The molecule has 0 bridgehead atoms. The van der Waals surface area contributed by atoms with Crippen LogP contribution in [0.4, 0.5) is 14.5 Å². The highest BCUT2D eigenvalue weighted by Gasteiger charge is 2.04. The van der Waals surface area contributed by atoms with Gasteiger partial charge in [0.25, 0.3) is 6.43 Å². The van der Waals surface area contributed by atoms with E-state index in [0.717, 1.165) is 5.56 Å². The summed E-state index contributed by atoms with van der Waals surface area (Å²) in [6, 6.07) is 7.39. The van der Waals surface area contributed by atoms with Gasteiger partial charge in [-0.3, -0.25) is 4.79 Å². The van der Waals surface area contributed by atoms with Gasteiger partial charge < -0.3 is 15.8 Å². The maximum absolute atomic E-state index is 11.7. The molecule has 0 aliphatic rings. The maximum atomic E-state index is 11.7. The van der Waals surface area contributed by atoms with Gasteiger partial charge in [0.1, 0.15) is 6.61 Å². The third kappa shape index (κ3) is 7.35. The molecule has 19 heavy (non-hydrogen) atoms. The molecule has 3 N–H and O–H groups in total. The number of anilines is 1. The first kappa shape index (κ1) is 15.4. The van der Waals surface area contributed by atoms with Crippen LogP contribution in [0.1, 0.15) is 12.0 Å². The minimum atomic E-state index is -2.49. The summed E-state index contributed by atoms with van der Waals surface area (Å²) in [5, 5.41) is 2.70. The molecule has 106 valence electrons. The Hall–Kier alpha value is -1.69. The molecule has 0 aliphatic carbocycles. The Morgan fingerprint density at radius 2 is 2.00 bits per heavy atom. The third-order valence-corrected chi connectivity index (χ3v) is 2.43. The summed E-state index contributed by atoms with van der Waals surface area (Å²) >= 11 is 0. The molecule has 0 aromatic heterocycles. The van der Waals surface area contributed by atoms with Gasteiger partial charge in [0.05, 0.1) is 6.61 Å². The van der Waals surface area contributed by atoms with E-state index >= 15 is 0 Å². The molecule has 0 spiro atoms. The number of hydrogen-bond acceptors (Lipinski definition) is 3. The predicted molar refractivity (Wildman–Crippen MR) is 69.0 cm³/mol. The van der Waals surface area contributed by atoms with Crippen LogP contribution in [-0.2, 0) is 16.0 Å². The van der Waals surface area contributed by atoms with Crippen molar-refractivity contribution < 1.29 is 18.3 Å². The zero-order valence-corrected chi connectivity index (χ0v) is 10.6. The number of carbonyl (C=O) groups excluding carboxylic acids is 1. The SMILES string of the molecule is Nc1ccc(CCNC(=O)CCOCC(F)F)cc1. The number of nitrogen functional groups attached to an aromatic ring is 1.